The summed E-state index contributed by atoms with van der Waals surface area (Å²) in [4.78, 5) is 10.8. The van der Waals surface area contributed by atoms with Gasteiger partial charge in [0, 0.05) is 42.2 Å². The first-order chi connectivity index (χ1) is 16.0. The SMILES string of the molecule is Cc1cc([C@@H]2[C@@H](c3ccccn3)NC(=S)N2c2ccc(F)cc2)c(C)n1Cc1ccncc1. The number of pyridine rings is 2. The van der Waals surface area contributed by atoms with Crippen molar-refractivity contribution >= 4 is 23.0 Å². The number of rotatable bonds is 5. The molecule has 0 radical (unpaired) electrons. The molecule has 1 saturated heterocycles. The van der Waals surface area contributed by atoms with E-state index in [1.807, 2.05) is 42.7 Å². The van der Waals surface area contributed by atoms with Crippen LogP contribution in [0.2, 0.25) is 0 Å². The summed E-state index contributed by atoms with van der Waals surface area (Å²) in [5.74, 6) is -0.273. The maximum absolute atomic E-state index is 13.7. The average Bonchev–Trinajstić information content (AvgIpc) is 3.32. The van der Waals surface area contributed by atoms with E-state index >= 15 is 0 Å². The highest BCUT2D eigenvalue weighted by Gasteiger charge is 2.42. The topological polar surface area (TPSA) is 46.0 Å². The van der Waals surface area contributed by atoms with Gasteiger partial charge in [-0.3, -0.25) is 9.97 Å². The molecule has 7 heteroatoms. The molecular weight excluding hydrogens is 433 g/mol. The molecule has 0 aliphatic carbocycles. The summed E-state index contributed by atoms with van der Waals surface area (Å²) in [6.07, 6.45) is 5.43. The Balaban J connectivity index is 1.62. The highest BCUT2D eigenvalue weighted by molar-refractivity contribution is 7.80. The highest BCUT2D eigenvalue weighted by atomic mass is 32.1. The molecule has 0 amide bonds. The number of halogens is 1. The molecule has 2 atom stereocenters. The Morgan fingerprint density at radius 3 is 2.45 bits per heavy atom. The van der Waals surface area contributed by atoms with Gasteiger partial charge >= 0.3 is 0 Å². The molecule has 33 heavy (non-hydrogen) atoms. The Bertz CT molecular complexity index is 1270. The van der Waals surface area contributed by atoms with E-state index in [4.69, 9.17) is 12.2 Å². The van der Waals surface area contributed by atoms with E-state index in [9.17, 15) is 4.39 Å². The van der Waals surface area contributed by atoms with Crippen molar-refractivity contribution in [3.63, 3.8) is 0 Å². The molecule has 4 aromatic rings. The number of thiocarbonyl (C=S) groups is 1. The van der Waals surface area contributed by atoms with Crippen molar-refractivity contribution in [3.8, 4) is 0 Å². The first-order valence-corrected chi connectivity index (χ1v) is 11.3. The van der Waals surface area contributed by atoms with Gasteiger partial charge in [0.05, 0.1) is 17.8 Å². The number of nitrogens with one attached hydrogen (secondary N) is 1. The molecular formula is C26H24FN5S. The summed E-state index contributed by atoms with van der Waals surface area (Å²) < 4.78 is 16.0. The molecule has 5 nitrogen and oxygen atoms in total. The van der Waals surface area contributed by atoms with E-state index in [0.717, 1.165) is 34.9 Å². The summed E-state index contributed by atoms with van der Waals surface area (Å²) in [6.45, 7) is 5.02. The van der Waals surface area contributed by atoms with Crippen molar-refractivity contribution in [2.24, 2.45) is 0 Å². The van der Waals surface area contributed by atoms with Crippen LogP contribution in [-0.2, 0) is 6.54 Å². The van der Waals surface area contributed by atoms with Gasteiger partial charge in [-0.1, -0.05) is 6.07 Å². The number of nitrogens with zero attached hydrogens (tertiary/aromatic N) is 4. The first kappa shape index (κ1) is 21.3. The molecule has 0 unspecified atom stereocenters. The quantitative estimate of drug-likeness (QED) is 0.414. The van der Waals surface area contributed by atoms with Crippen molar-refractivity contribution in [2.75, 3.05) is 4.90 Å². The number of hydrogen-bond acceptors (Lipinski definition) is 3. The molecule has 1 aliphatic rings. The van der Waals surface area contributed by atoms with Crippen molar-refractivity contribution in [1.82, 2.24) is 19.9 Å². The largest absolute Gasteiger partial charge is 0.351 e. The fourth-order valence-electron chi connectivity index (χ4n) is 4.59. The van der Waals surface area contributed by atoms with Gasteiger partial charge in [-0.25, -0.2) is 4.39 Å². The minimum absolute atomic E-state index is 0.129. The van der Waals surface area contributed by atoms with Gasteiger partial charge in [-0.2, -0.15) is 0 Å². The van der Waals surface area contributed by atoms with E-state index in [1.54, 1.807) is 18.3 Å². The third-order valence-corrected chi connectivity index (χ3v) is 6.54. The van der Waals surface area contributed by atoms with Crippen molar-refractivity contribution in [2.45, 2.75) is 32.5 Å². The van der Waals surface area contributed by atoms with Crippen LogP contribution in [0.1, 0.15) is 40.3 Å². The zero-order valence-corrected chi connectivity index (χ0v) is 19.3. The normalized spacial score (nSPS) is 17.9. The third kappa shape index (κ3) is 4.00. The van der Waals surface area contributed by atoms with Crippen LogP contribution in [0.15, 0.2) is 79.3 Å². The lowest BCUT2D eigenvalue weighted by Gasteiger charge is -2.28. The Hall–Kier alpha value is -3.58. The number of benzene rings is 1. The molecule has 166 valence electrons. The average molecular weight is 458 g/mol. The first-order valence-electron chi connectivity index (χ1n) is 10.8. The fourth-order valence-corrected chi connectivity index (χ4v) is 4.94. The number of anilines is 1. The summed E-state index contributed by atoms with van der Waals surface area (Å²) in [5, 5.41) is 4.07. The molecule has 0 spiro atoms. The number of aryl methyl sites for hydroxylation is 1. The van der Waals surface area contributed by atoms with Crippen LogP contribution < -0.4 is 10.2 Å². The van der Waals surface area contributed by atoms with Crippen molar-refractivity contribution in [3.05, 3.63) is 113 Å². The number of hydrogen-bond donors (Lipinski definition) is 1. The van der Waals surface area contributed by atoms with E-state index in [2.05, 4.69) is 44.7 Å². The maximum Gasteiger partial charge on any atom is 0.174 e. The van der Waals surface area contributed by atoms with E-state index < -0.39 is 0 Å². The lowest BCUT2D eigenvalue weighted by molar-refractivity contribution is 0.563. The van der Waals surface area contributed by atoms with E-state index in [1.165, 1.54) is 17.7 Å². The summed E-state index contributed by atoms with van der Waals surface area (Å²) >= 11 is 5.78. The second-order valence-electron chi connectivity index (χ2n) is 8.24. The van der Waals surface area contributed by atoms with Crippen molar-refractivity contribution < 1.29 is 4.39 Å². The predicted octanol–water partition coefficient (Wildman–Crippen LogP) is 5.26. The van der Waals surface area contributed by atoms with Gasteiger partial charge in [-0.15, -0.1) is 0 Å². The second kappa shape index (κ2) is 8.75. The van der Waals surface area contributed by atoms with Crippen molar-refractivity contribution in [1.29, 1.82) is 0 Å². The standard InChI is InChI=1S/C26H24FN5S/c1-17-15-22(18(2)31(17)16-19-10-13-28-14-11-19)25-24(23-5-3-4-12-29-23)30-26(33)32(25)21-8-6-20(27)7-9-21/h3-15,24-25H,16H2,1-2H3,(H,30,33)/t24-,25-/m1/s1. The van der Waals surface area contributed by atoms with Crippen LogP contribution in [-0.4, -0.2) is 19.6 Å². The molecule has 0 bridgehead atoms. The summed E-state index contributed by atoms with van der Waals surface area (Å²) in [5.41, 5.74) is 6.43. The molecule has 1 N–H and O–H groups in total. The zero-order chi connectivity index (χ0) is 22.9. The highest BCUT2D eigenvalue weighted by Crippen LogP contribution is 2.43. The van der Waals surface area contributed by atoms with Crippen LogP contribution in [0.3, 0.4) is 0 Å². The molecule has 1 aliphatic heterocycles. The van der Waals surface area contributed by atoms with Gasteiger partial charge in [0.15, 0.2) is 5.11 Å². The monoisotopic (exact) mass is 457 g/mol. The Labute approximate surface area is 197 Å². The third-order valence-electron chi connectivity index (χ3n) is 6.22. The van der Waals surface area contributed by atoms with Gasteiger partial charge in [0.1, 0.15) is 5.82 Å². The minimum Gasteiger partial charge on any atom is -0.351 e. The molecule has 4 heterocycles. The lowest BCUT2D eigenvalue weighted by atomic mass is 9.96. The second-order valence-corrected chi connectivity index (χ2v) is 8.63. The maximum atomic E-state index is 13.7. The predicted molar refractivity (Wildman–Crippen MR) is 132 cm³/mol. The van der Waals surface area contributed by atoms with Crippen LogP contribution >= 0.6 is 12.2 Å². The summed E-state index contributed by atoms with van der Waals surface area (Å²) in [7, 11) is 0. The molecule has 1 aromatic carbocycles. The van der Waals surface area contributed by atoms with E-state index in [0.29, 0.717) is 5.11 Å². The summed E-state index contributed by atoms with van der Waals surface area (Å²) in [6, 6.07) is 18.4. The molecule has 3 aromatic heterocycles. The van der Waals surface area contributed by atoms with Gasteiger partial charge in [0.2, 0.25) is 0 Å². The van der Waals surface area contributed by atoms with Crippen LogP contribution in [0.4, 0.5) is 10.1 Å². The molecule has 5 rings (SSSR count). The van der Waals surface area contributed by atoms with Crippen LogP contribution in [0.5, 0.6) is 0 Å². The van der Waals surface area contributed by atoms with Gasteiger partial charge in [-0.05, 0) is 91.8 Å². The molecule has 0 saturated carbocycles. The Morgan fingerprint density at radius 2 is 1.76 bits per heavy atom. The van der Waals surface area contributed by atoms with Gasteiger partial charge < -0.3 is 14.8 Å². The fraction of sp³-hybridized carbons (Fsp3) is 0.192. The zero-order valence-electron chi connectivity index (χ0n) is 18.4. The minimum atomic E-state index is -0.273. The smallest absolute Gasteiger partial charge is 0.174 e. The Kier molecular flexibility index (Phi) is 5.64. The lowest BCUT2D eigenvalue weighted by Crippen LogP contribution is -2.29. The van der Waals surface area contributed by atoms with Crippen LogP contribution in [0, 0.1) is 19.7 Å². The van der Waals surface area contributed by atoms with Gasteiger partial charge in [0.25, 0.3) is 0 Å². The molecule has 1 fully saturated rings. The Morgan fingerprint density at radius 1 is 1.00 bits per heavy atom. The van der Waals surface area contributed by atoms with Crippen LogP contribution in [0.25, 0.3) is 0 Å². The number of aromatic nitrogens is 3. The van der Waals surface area contributed by atoms with E-state index in [-0.39, 0.29) is 17.9 Å².